The molecule has 0 saturated carbocycles. The summed E-state index contributed by atoms with van der Waals surface area (Å²) in [5.41, 5.74) is -0.547. The summed E-state index contributed by atoms with van der Waals surface area (Å²) in [6.45, 7) is 2.01. The van der Waals surface area contributed by atoms with Gasteiger partial charge in [-0.25, -0.2) is 26.3 Å². The molecule has 1 N–H and O–H groups in total. The van der Waals surface area contributed by atoms with Gasteiger partial charge in [-0.05, 0) is 19.1 Å². The first-order chi connectivity index (χ1) is 18.8. The fourth-order valence-electron chi connectivity index (χ4n) is 4.37. The summed E-state index contributed by atoms with van der Waals surface area (Å²) in [5, 5.41) is 14.5. The maximum absolute atomic E-state index is 14.8. The number of amides is 1. The first-order valence-electron chi connectivity index (χ1n) is 12.0. The standard InChI is InChI=1S/C25H22F3N7O4S/c1-14(18-4-3-5-19(23(18)26)25(2,27)28)31-24(37)20-6-7-22(36)35(32-20)16-8-15(9-29-10-16)21-11-30-33-34(21)17-12-40(38,39)13-17/h3-11,14,17H,12-13H2,1-2H3,(H,31,37)/t14-/m1/s1. The van der Waals surface area contributed by atoms with Crippen LogP contribution < -0.4 is 10.9 Å². The number of sulfone groups is 1. The number of nitrogens with one attached hydrogen (secondary N) is 1. The molecule has 3 aromatic heterocycles. The van der Waals surface area contributed by atoms with Crippen molar-refractivity contribution in [3.05, 3.63) is 88.0 Å². The van der Waals surface area contributed by atoms with Crippen molar-refractivity contribution in [2.45, 2.75) is 31.9 Å². The van der Waals surface area contributed by atoms with Crippen LogP contribution in [0.2, 0.25) is 0 Å². The number of pyridine rings is 1. The second kappa shape index (κ2) is 9.97. The monoisotopic (exact) mass is 573 g/mol. The van der Waals surface area contributed by atoms with E-state index in [9.17, 15) is 31.2 Å². The Kier molecular flexibility index (Phi) is 6.77. The van der Waals surface area contributed by atoms with E-state index in [0.29, 0.717) is 18.2 Å². The van der Waals surface area contributed by atoms with Crippen molar-refractivity contribution in [3.8, 4) is 16.9 Å². The number of benzene rings is 1. The fraction of sp³-hybridized carbons (Fsp3) is 0.280. The Balaban J connectivity index is 1.41. The number of hydrogen-bond acceptors (Lipinski definition) is 8. The van der Waals surface area contributed by atoms with Gasteiger partial charge in [0.1, 0.15) is 11.5 Å². The summed E-state index contributed by atoms with van der Waals surface area (Å²) in [7, 11) is -3.11. The summed E-state index contributed by atoms with van der Waals surface area (Å²) in [6.07, 6.45) is 4.27. The number of alkyl halides is 2. The molecule has 1 amide bonds. The molecule has 0 aliphatic carbocycles. The molecule has 0 bridgehead atoms. The van der Waals surface area contributed by atoms with Crippen LogP contribution in [0.3, 0.4) is 0 Å². The Morgan fingerprint density at radius 2 is 1.90 bits per heavy atom. The highest BCUT2D eigenvalue weighted by Crippen LogP contribution is 2.32. The number of carbonyl (C=O) groups is 1. The van der Waals surface area contributed by atoms with Crippen LogP contribution in [0, 0.1) is 5.82 Å². The normalized spacial score (nSPS) is 15.8. The molecule has 15 heteroatoms. The zero-order valence-corrected chi connectivity index (χ0v) is 21.9. The second-order valence-electron chi connectivity index (χ2n) is 9.49. The van der Waals surface area contributed by atoms with E-state index >= 15 is 0 Å². The molecule has 208 valence electrons. The van der Waals surface area contributed by atoms with E-state index in [1.165, 1.54) is 48.4 Å². The summed E-state index contributed by atoms with van der Waals surface area (Å²) in [6, 6.07) is 6.02. The van der Waals surface area contributed by atoms with Crippen LogP contribution in [0.25, 0.3) is 16.9 Å². The van der Waals surface area contributed by atoms with Crippen molar-refractivity contribution in [2.75, 3.05) is 11.5 Å². The third kappa shape index (κ3) is 5.23. The molecule has 1 aliphatic rings. The van der Waals surface area contributed by atoms with Crippen molar-refractivity contribution in [3.63, 3.8) is 0 Å². The van der Waals surface area contributed by atoms with Crippen molar-refractivity contribution in [1.29, 1.82) is 0 Å². The number of hydrogen-bond donors (Lipinski definition) is 1. The van der Waals surface area contributed by atoms with E-state index in [4.69, 9.17) is 0 Å². The summed E-state index contributed by atoms with van der Waals surface area (Å²) < 4.78 is 67.9. The van der Waals surface area contributed by atoms with Crippen molar-refractivity contribution in [2.24, 2.45) is 0 Å². The minimum Gasteiger partial charge on any atom is -0.344 e. The van der Waals surface area contributed by atoms with Gasteiger partial charge >= 0.3 is 0 Å². The molecule has 0 spiro atoms. The molecule has 1 aliphatic heterocycles. The molecule has 1 atom stereocenters. The van der Waals surface area contributed by atoms with Crippen molar-refractivity contribution < 1.29 is 26.4 Å². The topological polar surface area (TPSA) is 142 Å². The van der Waals surface area contributed by atoms with Crippen LogP contribution in [0.1, 0.15) is 47.5 Å². The zero-order chi connectivity index (χ0) is 28.8. The molecule has 4 heterocycles. The average molecular weight is 574 g/mol. The molecular weight excluding hydrogens is 551 g/mol. The lowest BCUT2D eigenvalue weighted by Gasteiger charge is -2.26. The molecular formula is C25H22F3N7O4S. The van der Waals surface area contributed by atoms with Crippen LogP contribution in [-0.2, 0) is 15.8 Å². The Labute approximate surface area is 225 Å². The SMILES string of the molecule is C[C@@H](NC(=O)c1ccc(=O)n(-c2cncc(-c3cnnn3C3CS(=O)(=O)C3)c2)n1)c1cccc(C(C)(F)F)c1F. The average Bonchev–Trinajstić information content (AvgIpc) is 3.36. The van der Waals surface area contributed by atoms with Gasteiger partial charge in [-0.1, -0.05) is 23.4 Å². The molecule has 5 rings (SSSR count). The van der Waals surface area contributed by atoms with E-state index < -0.39 is 44.6 Å². The maximum atomic E-state index is 14.8. The number of aromatic nitrogens is 6. The quantitative estimate of drug-likeness (QED) is 0.356. The van der Waals surface area contributed by atoms with Gasteiger partial charge in [-0.3, -0.25) is 14.6 Å². The molecule has 1 saturated heterocycles. The van der Waals surface area contributed by atoms with Gasteiger partial charge in [0.2, 0.25) is 0 Å². The van der Waals surface area contributed by atoms with E-state index in [2.05, 4.69) is 25.7 Å². The molecule has 1 aromatic carbocycles. The Morgan fingerprint density at radius 1 is 1.15 bits per heavy atom. The first-order valence-corrected chi connectivity index (χ1v) is 13.8. The highest BCUT2D eigenvalue weighted by atomic mass is 32.2. The predicted octanol–water partition coefficient (Wildman–Crippen LogP) is 2.60. The lowest BCUT2D eigenvalue weighted by atomic mass is 10.0. The van der Waals surface area contributed by atoms with Gasteiger partial charge in [0.15, 0.2) is 9.84 Å². The highest BCUT2D eigenvalue weighted by Gasteiger charge is 2.37. The maximum Gasteiger partial charge on any atom is 0.273 e. The molecule has 4 aromatic rings. The van der Waals surface area contributed by atoms with Gasteiger partial charge in [0.05, 0.1) is 52.9 Å². The highest BCUT2D eigenvalue weighted by molar-refractivity contribution is 7.92. The van der Waals surface area contributed by atoms with Crippen LogP contribution in [-0.4, -0.2) is 55.6 Å². The van der Waals surface area contributed by atoms with E-state index in [1.54, 1.807) is 6.07 Å². The van der Waals surface area contributed by atoms with Crippen molar-refractivity contribution >= 4 is 15.7 Å². The predicted molar refractivity (Wildman–Crippen MR) is 136 cm³/mol. The van der Waals surface area contributed by atoms with Crippen LogP contribution in [0.5, 0.6) is 0 Å². The second-order valence-corrected chi connectivity index (χ2v) is 11.6. The molecule has 1 fully saturated rings. The smallest absolute Gasteiger partial charge is 0.273 e. The summed E-state index contributed by atoms with van der Waals surface area (Å²) in [4.78, 5) is 29.7. The van der Waals surface area contributed by atoms with Gasteiger partial charge in [0.25, 0.3) is 17.4 Å². The molecule has 11 nitrogen and oxygen atoms in total. The van der Waals surface area contributed by atoms with Gasteiger partial charge in [0, 0.05) is 30.3 Å². The van der Waals surface area contributed by atoms with Crippen LogP contribution in [0.4, 0.5) is 13.2 Å². The number of nitrogens with zero attached hydrogens (tertiary/aromatic N) is 6. The minimum atomic E-state index is -3.41. The van der Waals surface area contributed by atoms with Gasteiger partial charge in [-0.15, -0.1) is 5.10 Å². The summed E-state index contributed by atoms with van der Waals surface area (Å²) in [5.74, 6) is -5.44. The number of rotatable bonds is 7. The number of carbonyl (C=O) groups excluding carboxylic acids is 1. The fourth-order valence-corrected chi connectivity index (χ4v) is 5.73. The molecule has 0 unspecified atom stereocenters. The summed E-state index contributed by atoms with van der Waals surface area (Å²) >= 11 is 0. The van der Waals surface area contributed by atoms with Gasteiger partial charge in [-0.2, -0.15) is 9.78 Å². The Morgan fingerprint density at radius 3 is 2.60 bits per heavy atom. The zero-order valence-electron chi connectivity index (χ0n) is 21.1. The van der Waals surface area contributed by atoms with Crippen LogP contribution >= 0.6 is 0 Å². The minimum absolute atomic E-state index is 0.0673. The Bertz CT molecular complexity index is 1770. The third-order valence-corrected chi connectivity index (χ3v) is 8.21. The molecule has 40 heavy (non-hydrogen) atoms. The van der Waals surface area contributed by atoms with Crippen molar-refractivity contribution in [1.82, 2.24) is 35.1 Å². The van der Waals surface area contributed by atoms with E-state index in [-0.39, 0.29) is 34.5 Å². The largest absolute Gasteiger partial charge is 0.344 e. The lowest BCUT2D eigenvalue weighted by Crippen LogP contribution is -2.39. The Hall–Kier alpha value is -4.40. The van der Waals surface area contributed by atoms with E-state index in [0.717, 1.165) is 16.8 Å². The van der Waals surface area contributed by atoms with E-state index in [1.807, 2.05) is 0 Å². The number of halogens is 3. The first kappa shape index (κ1) is 27.2. The molecule has 0 radical (unpaired) electrons. The van der Waals surface area contributed by atoms with Gasteiger partial charge < -0.3 is 5.32 Å². The van der Waals surface area contributed by atoms with Crippen LogP contribution in [0.15, 0.2) is 59.8 Å². The lowest BCUT2D eigenvalue weighted by molar-refractivity contribution is 0.0135. The third-order valence-electron chi connectivity index (χ3n) is 6.43.